The molecule has 1 unspecified atom stereocenters. The Morgan fingerprint density at radius 3 is 2.35 bits per heavy atom. The van der Waals surface area contributed by atoms with Gasteiger partial charge in [0.05, 0.1) is 0 Å². The van der Waals surface area contributed by atoms with Crippen LogP contribution < -0.4 is 5.32 Å². The molecule has 0 aliphatic heterocycles. The molecule has 0 fully saturated rings. The average Bonchev–Trinajstić information content (AvgIpc) is 2.14. The van der Waals surface area contributed by atoms with Crippen LogP contribution in [0.15, 0.2) is 18.2 Å². The maximum absolute atomic E-state index is 11.9. The number of benzene rings is 1. The molecule has 17 heavy (non-hydrogen) atoms. The van der Waals surface area contributed by atoms with Gasteiger partial charge in [-0.15, -0.1) is 11.6 Å². The summed E-state index contributed by atoms with van der Waals surface area (Å²) in [5.74, 6) is -0.275. The zero-order valence-corrected chi connectivity index (χ0v) is 12.1. The molecule has 94 valence electrons. The number of nitrogens with one attached hydrogen (secondary N) is 1. The van der Waals surface area contributed by atoms with Gasteiger partial charge in [0.15, 0.2) is 0 Å². The van der Waals surface area contributed by atoms with Crippen molar-refractivity contribution in [1.29, 1.82) is 0 Å². The lowest BCUT2D eigenvalue weighted by molar-refractivity contribution is -0.122. The van der Waals surface area contributed by atoms with Crippen molar-refractivity contribution in [2.24, 2.45) is 0 Å². The largest absolute Gasteiger partial charge is 0.350 e. The zero-order valence-electron chi connectivity index (χ0n) is 9.85. The summed E-state index contributed by atoms with van der Waals surface area (Å²) in [7, 11) is 0. The number of alkyl halides is 1. The molecule has 0 aliphatic carbocycles. The van der Waals surface area contributed by atoms with Gasteiger partial charge in [0, 0.05) is 15.6 Å². The maximum Gasteiger partial charge on any atom is 0.243 e. The number of carbonyl (C=O) groups excluding carboxylic acids is 1. The Morgan fingerprint density at radius 2 is 1.88 bits per heavy atom. The smallest absolute Gasteiger partial charge is 0.243 e. The van der Waals surface area contributed by atoms with Crippen molar-refractivity contribution in [2.45, 2.75) is 31.7 Å². The second-order valence-corrected chi connectivity index (χ2v) is 6.05. The van der Waals surface area contributed by atoms with Crippen LogP contribution in [0, 0.1) is 0 Å². The number of amides is 1. The first-order chi connectivity index (χ1) is 7.70. The number of rotatable bonds is 2. The number of hydrogen-bond acceptors (Lipinski definition) is 1. The van der Waals surface area contributed by atoms with Crippen LogP contribution in [0.2, 0.25) is 10.0 Å². The molecule has 0 heterocycles. The molecule has 0 saturated carbocycles. The van der Waals surface area contributed by atoms with Gasteiger partial charge in [0.25, 0.3) is 0 Å². The first kappa shape index (κ1) is 14.6. The molecular formula is C12H14Cl3NO. The predicted molar refractivity (Wildman–Crippen MR) is 73.0 cm³/mol. The molecule has 1 rings (SSSR count). The summed E-state index contributed by atoms with van der Waals surface area (Å²) in [4.78, 5) is 11.9. The summed E-state index contributed by atoms with van der Waals surface area (Å²) >= 11 is 17.9. The van der Waals surface area contributed by atoms with E-state index in [1.54, 1.807) is 18.2 Å². The third-order valence-corrected chi connectivity index (χ3v) is 2.96. The molecule has 0 spiro atoms. The van der Waals surface area contributed by atoms with E-state index in [9.17, 15) is 4.79 Å². The molecule has 5 heteroatoms. The lowest BCUT2D eigenvalue weighted by Gasteiger charge is -2.22. The van der Waals surface area contributed by atoms with E-state index in [1.165, 1.54) is 0 Å². The maximum atomic E-state index is 11.9. The van der Waals surface area contributed by atoms with Gasteiger partial charge in [-0.25, -0.2) is 0 Å². The summed E-state index contributed by atoms with van der Waals surface area (Å²) < 4.78 is 0. The van der Waals surface area contributed by atoms with Gasteiger partial charge in [0.2, 0.25) is 5.91 Å². The van der Waals surface area contributed by atoms with Crippen molar-refractivity contribution in [3.8, 4) is 0 Å². The first-order valence-corrected chi connectivity index (χ1v) is 6.31. The van der Waals surface area contributed by atoms with E-state index in [1.807, 2.05) is 20.8 Å². The average molecular weight is 295 g/mol. The first-order valence-electron chi connectivity index (χ1n) is 5.12. The van der Waals surface area contributed by atoms with Crippen molar-refractivity contribution in [2.75, 3.05) is 0 Å². The fourth-order valence-corrected chi connectivity index (χ4v) is 2.10. The van der Waals surface area contributed by atoms with Crippen molar-refractivity contribution in [1.82, 2.24) is 5.32 Å². The summed E-state index contributed by atoms with van der Waals surface area (Å²) in [6.07, 6.45) is 0. The van der Waals surface area contributed by atoms with Crippen molar-refractivity contribution in [3.63, 3.8) is 0 Å². The van der Waals surface area contributed by atoms with Crippen molar-refractivity contribution < 1.29 is 4.79 Å². The minimum atomic E-state index is -0.820. The van der Waals surface area contributed by atoms with Gasteiger partial charge in [-0.05, 0) is 38.5 Å². The van der Waals surface area contributed by atoms with Gasteiger partial charge < -0.3 is 5.32 Å². The fourth-order valence-electron chi connectivity index (χ4n) is 1.28. The monoisotopic (exact) mass is 293 g/mol. The molecule has 1 N–H and O–H groups in total. The minimum Gasteiger partial charge on any atom is -0.350 e. The van der Waals surface area contributed by atoms with E-state index < -0.39 is 5.38 Å². The van der Waals surface area contributed by atoms with Crippen LogP contribution in [0.5, 0.6) is 0 Å². The van der Waals surface area contributed by atoms with E-state index in [4.69, 9.17) is 34.8 Å². The molecule has 1 aromatic carbocycles. The van der Waals surface area contributed by atoms with Crippen LogP contribution in [0.1, 0.15) is 31.7 Å². The van der Waals surface area contributed by atoms with Crippen LogP contribution in [-0.4, -0.2) is 11.4 Å². The zero-order chi connectivity index (χ0) is 13.2. The third-order valence-electron chi connectivity index (χ3n) is 1.96. The summed E-state index contributed by atoms with van der Waals surface area (Å²) in [6.45, 7) is 5.66. The molecule has 1 amide bonds. The van der Waals surface area contributed by atoms with E-state index in [0.29, 0.717) is 15.6 Å². The van der Waals surface area contributed by atoms with Crippen molar-refractivity contribution >= 4 is 40.7 Å². The van der Waals surface area contributed by atoms with Gasteiger partial charge in [-0.1, -0.05) is 29.3 Å². The van der Waals surface area contributed by atoms with Gasteiger partial charge in [-0.3, -0.25) is 4.79 Å². The van der Waals surface area contributed by atoms with Crippen LogP contribution in [0.4, 0.5) is 0 Å². The van der Waals surface area contributed by atoms with Crippen LogP contribution in [-0.2, 0) is 4.79 Å². The Balaban J connectivity index is 2.89. The van der Waals surface area contributed by atoms with Gasteiger partial charge in [0.1, 0.15) is 5.38 Å². The number of hydrogen-bond donors (Lipinski definition) is 1. The Kier molecular flexibility index (Phi) is 4.70. The summed E-state index contributed by atoms with van der Waals surface area (Å²) in [5, 5.41) is 2.88. The Bertz CT molecular complexity index is 426. The highest BCUT2D eigenvalue weighted by molar-refractivity contribution is 6.37. The molecular weight excluding hydrogens is 280 g/mol. The minimum absolute atomic E-state index is 0.275. The lowest BCUT2D eigenvalue weighted by Crippen LogP contribution is -2.42. The lowest BCUT2D eigenvalue weighted by atomic mass is 10.1. The quantitative estimate of drug-likeness (QED) is 0.814. The Morgan fingerprint density at radius 1 is 1.29 bits per heavy atom. The molecule has 0 aliphatic rings. The normalized spacial score (nSPS) is 13.3. The van der Waals surface area contributed by atoms with Crippen molar-refractivity contribution in [3.05, 3.63) is 33.8 Å². The highest BCUT2D eigenvalue weighted by Crippen LogP contribution is 2.30. The van der Waals surface area contributed by atoms with E-state index >= 15 is 0 Å². The summed E-state index contributed by atoms with van der Waals surface area (Å²) in [5.41, 5.74) is 0.225. The fraction of sp³-hybridized carbons (Fsp3) is 0.417. The topological polar surface area (TPSA) is 29.1 Å². The van der Waals surface area contributed by atoms with Gasteiger partial charge >= 0.3 is 0 Å². The van der Waals surface area contributed by atoms with Crippen LogP contribution in [0.3, 0.4) is 0 Å². The molecule has 0 aromatic heterocycles. The van der Waals surface area contributed by atoms with E-state index in [2.05, 4.69) is 5.32 Å². The molecule has 0 radical (unpaired) electrons. The third kappa shape index (κ3) is 4.38. The van der Waals surface area contributed by atoms with Crippen LogP contribution >= 0.6 is 34.8 Å². The highest BCUT2D eigenvalue weighted by atomic mass is 35.5. The molecule has 2 nitrogen and oxygen atoms in total. The van der Waals surface area contributed by atoms with Crippen LogP contribution in [0.25, 0.3) is 0 Å². The van der Waals surface area contributed by atoms with E-state index in [-0.39, 0.29) is 11.4 Å². The second-order valence-electron chi connectivity index (χ2n) is 4.77. The highest BCUT2D eigenvalue weighted by Gasteiger charge is 2.24. The van der Waals surface area contributed by atoms with Gasteiger partial charge in [-0.2, -0.15) is 0 Å². The second kappa shape index (κ2) is 5.47. The number of halogens is 3. The molecule has 0 bridgehead atoms. The molecule has 1 atom stereocenters. The van der Waals surface area contributed by atoms with E-state index in [0.717, 1.165) is 0 Å². The predicted octanol–water partition coefficient (Wildman–Crippen LogP) is 4.19. The standard InChI is InChI=1S/C12H14Cl3NO/c1-12(2,3)16-11(17)10(15)8-5-4-7(13)6-9(8)14/h4-6,10H,1-3H3,(H,16,17). The summed E-state index contributed by atoms with van der Waals surface area (Å²) in [6, 6.07) is 4.88. The Hall–Kier alpha value is -0.440. The molecule has 0 saturated heterocycles. The Labute approximate surface area is 116 Å². The number of carbonyl (C=O) groups is 1. The molecule has 1 aromatic rings. The SMILES string of the molecule is CC(C)(C)NC(=O)C(Cl)c1ccc(Cl)cc1Cl.